The number of aliphatic hydroxyl groups excluding tert-OH is 1. The zero-order chi connectivity index (χ0) is 73.2. The van der Waals surface area contributed by atoms with Crippen LogP contribution in [0.1, 0.15) is 220 Å². The van der Waals surface area contributed by atoms with E-state index in [4.69, 9.17) is 37.0 Å². The van der Waals surface area contributed by atoms with Crippen LogP contribution in [-0.2, 0) is 65.4 Å². The molecule has 0 aromatic rings. The number of carbonyl (C=O) groups is 4. The van der Waals surface area contributed by atoms with Crippen molar-refractivity contribution in [1.82, 2.24) is 0 Å². The number of aliphatic hydroxyl groups is 1. The fourth-order valence-corrected chi connectivity index (χ4v) is 9.99. The molecule has 0 aliphatic heterocycles. The fraction of sp³-hybridized carbons (Fsp3) is 0.531. The van der Waals surface area contributed by atoms with Crippen LogP contribution in [0, 0.1) is 0 Å². The Balaban J connectivity index is 5.61. The molecule has 0 spiro atoms. The van der Waals surface area contributed by atoms with Gasteiger partial charge in [0.05, 0.1) is 45.7 Å². The van der Waals surface area contributed by atoms with Gasteiger partial charge in [0, 0.05) is 6.42 Å². The fourth-order valence-electron chi connectivity index (χ4n) is 8.41. The number of rotatable bonds is 65. The lowest BCUT2D eigenvalue weighted by Gasteiger charge is -2.21. The van der Waals surface area contributed by atoms with E-state index in [1.54, 1.807) is 30.4 Å². The second-order valence-corrected chi connectivity index (χ2v) is 26.0. The SMILES string of the molecule is CC/C=C\C/C=C\C/C=C\C/C=C\C/C=C\CC(=O)OCC(COP(=O)(O)OCC(O)COP(=O)(O)OCC(COC(=O)C/C=C\C/C=C\C/C=C\C/C=C\C/C=C\CC)OC(=O)CCCCCCC/C=C\C/C=C\CCCCC)OC(=O)C/C=C\C/C=C\C/C=C\C/C=C\C/C=C\CC. The topological polar surface area (TPSA) is 237 Å². The van der Waals surface area contributed by atoms with Crippen molar-refractivity contribution in [3.8, 4) is 0 Å². The molecule has 0 saturated carbocycles. The van der Waals surface area contributed by atoms with Crippen LogP contribution in [0.5, 0.6) is 0 Å². The molecule has 0 saturated heterocycles. The van der Waals surface area contributed by atoms with Crippen molar-refractivity contribution in [3.63, 3.8) is 0 Å². The van der Waals surface area contributed by atoms with Gasteiger partial charge in [-0.2, -0.15) is 0 Å². The molecule has 0 radical (unpaired) electrons. The first kappa shape index (κ1) is 93.6. The van der Waals surface area contributed by atoms with Crippen LogP contribution in [-0.4, -0.2) is 96.7 Å². The molecule has 100 heavy (non-hydrogen) atoms. The molecule has 0 rings (SSSR count). The number of phosphoric acid groups is 2. The van der Waals surface area contributed by atoms with Crippen molar-refractivity contribution in [2.75, 3.05) is 39.6 Å². The molecule has 19 heteroatoms. The van der Waals surface area contributed by atoms with E-state index in [2.05, 4.69) is 161 Å². The van der Waals surface area contributed by atoms with E-state index < -0.39 is 97.5 Å². The molecule has 0 bridgehead atoms. The van der Waals surface area contributed by atoms with Gasteiger partial charge < -0.3 is 33.8 Å². The zero-order valence-electron chi connectivity index (χ0n) is 60.8. The van der Waals surface area contributed by atoms with Gasteiger partial charge in [-0.05, 0) is 135 Å². The Labute approximate surface area is 601 Å². The van der Waals surface area contributed by atoms with Crippen LogP contribution in [0.4, 0.5) is 0 Å². The minimum absolute atomic E-state index is 0.0460. The quantitative estimate of drug-likeness (QED) is 0.0169. The molecule has 0 amide bonds. The lowest BCUT2D eigenvalue weighted by atomic mass is 10.1. The van der Waals surface area contributed by atoms with Gasteiger partial charge in [0.25, 0.3) is 0 Å². The Morgan fingerprint density at radius 1 is 0.300 bits per heavy atom. The summed E-state index contributed by atoms with van der Waals surface area (Å²) >= 11 is 0. The highest BCUT2D eigenvalue weighted by atomic mass is 31.2. The van der Waals surface area contributed by atoms with E-state index in [9.17, 15) is 43.2 Å². The predicted molar refractivity (Wildman–Crippen MR) is 408 cm³/mol. The van der Waals surface area contributed by atoms with Gasteiger partial charge in [-0.3, -0.25) is 37.3 Å². The molecule has 3 N–H and O–H groups in total. The van der Waals surface area contributed by atoms with Gasteiger partial charge in [0.2, 0.25) is 0 Å². The minimum atomic E-state index is -5.03. The lowest BCUT2D eigenvalue weighted by Crippen LogP contribution is -2.30. The number of unbranched alkanes of at least 4 members (excludes halogenated alkanes) is 8. The highest BCUT2D eigenvalue weighted by Gasteiger charge is 2.30. The summed E-state index contributed by atoms with van der Waals surface area (Å²) in [6.07, 6.45) is 87.8. The van der Waals surface area contributed by atoms with Crippen LogP contribution in [0.25, 0.3) is 0 Å². The molecular weight excluding hydrogens is 1310 g/mol. The van der Waals surface area contributed by atoms with Crippen molar-refractivity contribution in [3.05, 3.63) is 207 Å². The maximum atomic E-state index is 13.1. The minimum Gasteiger partial charge on any atom is -0.461 e. The monoisotopic (exact) mass is 1430 g/mol. The summed E-state index contributed by atoms with van der Waals surface area (Å²) in [6, 6.07) is 0. The van der Waals surface area contributed by atoms with E-state index in [0.717, 1.165) is 122 Å². The third kappa shape index (κ3) is 70.1. The molecule has 17 nitrogen and oxygen atoms in total. The Morgan fingerprint density at radius 3 is 0.890 bits per heavy atom. The Kier molecular flexibility index (Phi) is 66.5. The van der Waals surface area contributed by atoms with Crippen LogP contribution < -0.4 is 0 Å². The lowest BCUT2D eigenvalue weighted by molar-refractivity contribution is -0.160. The number of phosphoric ester groups is 2. The molecule has 560 valence electrons. The standard InChI is InChI=1S/C81H124O17P2/c1-5-9-13-17-21-25-29-33-37-41-45-49-53-57-61-65-78(83)91-71-76(97-80(85)67-63-59-55-51-47-43-39-35-31-27-23-19-15-11-7-3)73-95-99(87,88)93-69-75(82)70-94-100(89,90)96-74-77(98-81(86)68-64-60-56-52-48-44-40-36-32-28-24-20-16-12-8-4)72-92-79(84)66-62-58-54-50-46-42-38-34-30-26-22-18-14-10-6-2/h9-11,13-15,21-28,33-40,45-47,49-51,57-59,61-63,75-77,82H,5-8,12,16-20,29-32,41-44,48,52-56,60,64-74H2,1-4H3,(H,87,88)(H,89,90)/b13-9-,14-10-,15-11-,25-21-,26-22-,27-23-,28-24-,37-33-,38-34-,39-35-,40-36-,49-45-,50-46-,51-47-,61-57-,62-58-,63-59-. The molecule has 0 heterocycles. The largest absolute Gasteiger partial charge is 0.472 e. The molecule has 0 aliphatic carbocycles. The summed E-state index contributed by atoms with van der Waals surface area (Å²) in [6.45, 7) is 4.07. The van der Waals surface area contributed by atoms with E-state index in [1.807, 2.05) is 42.5 Å². The van der Waals surface area contributed by atoms with Gasteiger partial charge in [0.15, 0.2) is 12.2 Å². The van der Waals surface area contributed by atoms with E-state index >= 15 is 0 Å². The van der Waals surface area contributed by atoms with Gasteiger partial charge in [0.1, 0.15) is 19.3 Å². The smallest absolute Gasteiger partial charge is 0.461 e. The number of hydrogen-bond donors (Lipinski definition) is 3. The molecule has 5 atom stereocenters. The summed E-state index contributed by atoms with van der Waals surface area (Å²) < 4.78 is 67.9. The average Bonchev–Trinajstić information content (AvgIpc) is 1.01. The normalized spacial score (nSPS) is 15.2. The van der Waals surface area contributed by atoms with E-state index in [1.165, 1.54) is 19.3 Å². The third-order valence-corrected chi connectivity index (χ3v) is 15.7. The second kappa shape index (κ2) is 71.1. The zero-order valence-corrected chi connectivity index (χ0v) is 62.6. The van der Waals surface area contributed by atoms with E-state index in [0.29, 0.717) is 25.7 Å². The average molecular weight is 1430 g/mol. The second-order valence-electron chi connectivity index (χ2n) is 23.1. The first-order chi connectivity index (χ1) is 48.7. The van der Waals surface area contributed by atoms with Crippen molar-refractivity contribution < 1.29 is 80.2 Å². The van der Waals surface area contributed by atoms with Crippen LogP contribution in [0.3, 0.4) is 0 Å². The van der Waals surface area contributed by atoms with Crippen molar-refractivity contribution in [1.29, 1.82) is 0 Å². The van der Waals surface area contributed by atoms with Gasteiger partial charge in [-0.25, -0.2) is 9.13 Å². The van der Waals surface area contributed by atoms with Crippen molar-refractivity contribution in [2.45, 2.75) is 239 Å². The molecule has 5 unspecified atom stereocenters. The summed E-state index contributed by atoms with van der Waals surface area (Å²) in [5.74, 6) is -2.67. The predicted octanol–water partition coefficient (Wildman–Crippen LogP) is 20.8. The maximum absolute atomic E-state index is 13.1. The van der Waals surface area contributed by atoms with Crippen LogP contribution in [0.2, 0.25) is 0 Å². The van der Waals surface area contributed by atoms with Gasteiger partial charge in [-0.1, -0.05) is 266 Å². The Morgan fingerprint density at radius 2 is 0.560 bits per heavy atom. The highest BCUT2D eigenvalue weighted by Crippen LogP contribution is 2.45. The van der Waals surface area contributed by atoms with Crippen LogP contribution >= 0.6 is 15.6 Å². The number of carbonyl (C=O) groups excluding carboxylic acids is 4. The molecule has 0 aromatic carbocycles. The number of hydrogen-bond acceptors (Lipinski definition) is 15. The summed E-state index contributed by atoms with van der Waals surface area (Å²) in [7, 11) is -10.1. The summed E-state index contributed by atoms with van der Waals surface area (Å²) in [4.78, 5) is 72.6. The first-order valence-corrected chi connectivity index (χ1v) is 39.3. The number of esters is 4. The summed E-state index contributed by atoms with van der Waals surface area (Å²) in [5, 5.41) is 10.6. The summed E-state index contributed by atoms with van der Waals surface area (Å²) in [5.41, 5.74) is 0. The van der Waals surface area contributed by atoms with Crippen LogP contribution in [0.15, 0.2) is 207 Å². The van der Waals surface area contributed by atoms with Crippen molar-refractivity contribution in [2.24, 2.45) is 0 Å². The molecular formula is C81H124O17P2. The molecule has 0 aliphatic rings. The van der Waals surface area contributed by atoms with Gasteiger partial charge >= 0.3 is 39.5 Å². The number of ether oxygens (including phenoxy) is 4. The van der Waals surface area contributed by atoms with Gasteiger partial charge in [-0.15, -0.1) is 0 Å². The maximum Gasteiger partial charge on any atom is 0.472 e. The Hall–Kier alpha value is -6.36. The van der Waals surface area contributed by atoms with E-state index in [-0.39, 0.29) is 25.7 Å². The third-order valence-electron chi connectivity index (χ3n) is 13.8. The Bertz CT molecular complexity index is 2720. The first-order valence-electron chi connectivity index (χ1n) is 36.3. The molecule has 0 fully saturated rings. The molecule has 0 aromatic heterocycles. The highest BCUT2D eigenvalue weighted by molar-refractivity contribution is 7.47. The van der Waals surface area contributed by atoms with Crippen molar-refractivity contribution >= 4 is 39.5 Å². The number of allylic oxidation sites excluding steroid dienone is 31.